The number of rotatable bonds is 6. The van der Waals surface area contributed by atoms with Crippen LogP contribution in [-0.4, -0.2) is 27.7 Å². The number of aryl methyl sites for hydroxylation is 2. The maximum atomic E-state index is 12.9. The van der Waals surface area contributed by atoms with Crippen molar-refractivity contribution in [1.82, 2.24) is 14.5 Å². The summed E-state index contributed by atoms with van der Waals surface area (Å²) in [7, 11) is 0. The Balaban J connectivity index is 1.41. The summed E-state index contributed by atoms with van der Waals surface area (Å²) < 4.78 is 13.9. The maximum Gasteiger partial charge on any atom is 0.340 e. The van der Waals surface area contributed by atoms with Gasteiger partial charge in [0.2, 0.25) is 0 Å². The van der Waals surface area contributed by atoms with Crippen LogP contribution in [0, 0.1) is 6.92 Å². The van der Waals surface area contributed by atoms with Crippen LogP contribution in [0.3, 0.4) is 0 Å². The van der Waals surface area contributed by atoms with Gasteiger partial charge in [0, 0.05) is 49.4 Å². The highest BCUT2D eigenvalue weighted by Gasteiger charge is 2.23. The molecular weight excluding hydrogens is 390 g/mol. The SMILES string of the molecule is Cc1c(Cc2ccccc2)c(=O)oc2c3c(ccc12)OCN(CCCn1ccnc1)C3. The van der Waals surface area contributed by atoms with Crippen molar-refractivity contribution in [2.45, 2.75) is 32.9 Å². The highest BCUT2D eigenvalue weighted by atomic mass is 16.5. The van der Waals surface area contributed by atoms with Gasteiger partial charge in [0.1, 0.15) is 18.1 Å². The molecule has 6 nitrogen and oxygen atoms in total. The van der Waals surface area contributed by atoms with Crippen LogP contribution in [0.25, 0.3) is 11.0 Å². The summed E-state index contributed by atoms with van der Waals surface area (Å²) in [6.45, 7) is 5.06. The first-order valence-corrected chi connectivity index (χ1v) is 10.6. The number of ether oxygens (including phenoxy) is 1. The average Bonchev–Trinajstić information content (AvgIpc) is 3.31. The zero-order chi connectivity index (χ0) is 21.2. The molecule has 0 aliphatic carbocycles. The maximum absolute atomic E-state index is 12.9. The zero-order valence-corrected chi connectivity index (χ0v) is 17.6. The highest BCUT2D eigenvalue weighted by Crippen LogP contribution is 2.34. The Morgan fingerprint density at radius 2 is 1.97 bits per heavy atom. The summed E-state index contributed by atoms with van der Waals surface area (Å²) in [5.41, 5.74) is 4.14. The third-order valence-corrected chi connectivity index (χ3v) is 5.97. The van der Waals surface area contributed by atoms with Gasteiger partial charge in [-0.1, -0.05) is 30.3 Å². The average molecular weight is 415 g/mol. The van der Waals surface area contributed by atoms with Gasteiger partial charge in [-0.05, 0) is 36.6 Å². The number of imidazole rings is 1. The fourth-order valence-electron chi connectivity index (χ4n) is 4.25. The minimum Gasteiger partial charge on any atom is -0.478 e. The van der Waals surface area contributed by atoms with Crippen LogP contribution in [0.15, 0.2) is 70.4 Å². The fourth-order valence-corrected chi connectivity index (χ4v) is 4.25. The first-order chi connectivity index (χ1) is 15.2. The van der Waals surface area contributed by atoms with Crippen LogP contribution in [0.5, 0.6) is 5.75 Å². The van der Waals surface area contributed by atoms with Gasteiger partial charge in [-0.25, -0.2) is 9.78 Å². The van der Waals surface area contributed by atoms with E-state index in [0.717, 1.165) is 47.3 Å². The Labute approximate surface area is 180 Å². The van der Waals surface area contributed by atoms with E-state index in [0.29, 0.717) is 30.8 Å². The number of hydrogen-bond acceptors (Lipinski definition) is 5. The van der Waals surface area contributed by atoms with Crippen LogP contribution in [-0.2, 0) is 19.5 Å². The molecular formula is C25H25N3O3. The van der Waals surface area contributed by atoms with Gasteiger partial charge >= 0.3 is 5.63 Å². The zero-order valence-electron chi connectivity index (χ0n) is 17.6. The normalized spacial score (nSPS) is 13.8. The highest BCUT2D eigenvalue weighted by molar-refractivity contribution is 5.86. The molecule has 0 saturated carbocycles. The molecule has 0 bridgehead atoms. The Hall–Kier alpha value is -3.38. The number of hydrogen-bond donors (Lipinski definition) is 0. The standard InChI is InChI=1S/C25H25N3O3/c1-18-20-8-9-23-22(15-28(17-30-23)12-5-11-27-13-10-26-16-27)24(20)31-25(29)21(18)14-19-6-3-2-4-7-19/h2-4,6-10,13,16H,5,11-12,14-15,17H2,1H3. The van der Waals surface area contributed by atoms with E-state index < -0.39 is 0 Å². The van der Waals surface area contributed by atoms with Crippen LogP contribution < -0.4 is 10.4 Å². The summed E-state index contributed by atoms with van der Waals surface area (Å²) in [5, 5.41) is 0.980. The predicted molar refractivity (Wildman–Crippen MR) is 119 cm³/mol. The van der Waals surface area contributed by atoms with E-state index in [1.165, 1.54) is 0 Å². The summed E-state index contributed by atoms with van der Waals surface area (Å²) in [6.07, 6.45) is 7.16. The quantitative estimate of drug-likeness (QED) is 0.443. The molecule has 0 fully saturated rings. The number of fused-ring (bicyclic) bond motifs is 3. The minimum atomic E-state index is -0.264. The van der Waals surface area contributed by atoms with E-state index in [1.54, 1.807) is 6.20 Å². The first-order valence-electron chi connectivity index (χ1n) is 10.6. The van der Waals surface area contributed by atoms with Gasteiger partial charge in [0.15, 0.2) is 0 Å². The Morgan fingerprint density at radius 3 is 2.77 bits per heavy atom. The molecule has 0 spiro atoms. The lowest BCUT2D eigenvalue weighted by Crippen LogP contribution is -2.33. The second kappa shape index (κ2) is 8.40. The summed E-state index contributed by atoms with van der Waals surface area (Å²) in [6, 6.07) is 14.0. The van der Waals surface area contributed by atoms with Crippen LogP contribution >= 0.6 is 0 Å². The Kier molecular flexibility index (Phi) is 5.30. The van der Waals surface area contributed by atoms with Crippen molar-refractivity contribution in [3.63, 3.8) is 0 Å². The molecule has 2 aromatic carbocycles. The second-order valence-corrected chi connectivity index (χ2v) is 8.05. The molecule has 2 aromatic heterocycles. The summed E-state index contributed by atoms with van der Waals surface area (Å²) in [4.78, 5) is 19.2. The lowest BCUT2D eigenvalue weighted by atomic mass is 9.98. The van der Waals surface area contributed by atoms with Crippen molar-refractivity contribution in [3.8, 4) is 5.75 Å². The predicted octanol–water partition coefficient (Wildman–Crippen LogP) is 4.13. The molecule has 31 heavy (non-hydrogen) atoms. The molecule has 1 aliphatic rings. The van der Waals surface area contributed by atoms with E-state index in [4.69, 9.17) is 9.15 Å². The van der Waals surface area contributed by atoms with Crippen LogP contribution in [0.1, 0.15) is 28.7 Å². The summed E-state index contributed by atoms with van der Waals surface area (Å²) >= 11 is 0. The summed E-state index contributed by atoms with van der Waals surface area (Å²) in [5.74, 6) is 0.803. The molecule has 0 saturated heterocycles. The van der Waals surface area contributed by atoms with Gasteiger partial charge < -0.3 is 13.7 Å². The molecule has 6 heteroatoms. The second-order valence-electron chi connectivity index (χ2n) is 8.05. The van der Waals surface area contributed by atoms with Crippen molar-refractivity contribution < 1.29 is 9.15 Å². The lowest BCUT2D eigenvalue weighted by Gasteiger charge is -2.29. The van der Waals surface area contributed by atoms with Gasteiger partial charge in [-0.15, -0.1) is 0 Å². The number of nitrogens with zero attached hydrogens (tertiary/aromatic N) is 3. The molecule has 0 unspecified atom stereocenters. The van der Waals surface area contributed by atoms with Crippen molar-refractivity contribution in [3.05, 3.63) is 93.9 Å². The lowest BCUT2D eigenvalue weighted by molar-refractivity contribution is 0.0933. The Morgan fingerprint density at radius 1 is 1.10 bits per heavy atom. The van der Waals surface area contributed by atoms with Gasteiger partial charge in [0.25, 0.3) is 0 Å². The molecule has 0 N–H and O–H groups in total. The van der Waals surface area contributed by atoms with Crippen molar-refractivity contribution in [2.24, 2.45) is 0 Å². The molecule has 158 valence electrons. The molecule has 4 aromatic rings. The molecule has 5 rings (SSSR count). The number of benzene rings is 2. The van der Waals surface area contributed by atoms with Crippen LogP contribution in [0.2, 0.25) is 0 Å². The van der Waals surface area contributed by atoms with E-state index in [9.17, 15) is 4.79 Å². The fraction of sp³-hybridized carbons (Fsp3) is 0.280. The van der Waals surface area contributed by atoms with Gasteiger partial charge in [0.05, 0.1) is 11.9 Å². The number of aromatic nitrogens is 2. The van der Waals surface area contributed by atoms with Crippen molar-refractivity contribution in [2.75, 3.05) is 13.3 Å². The molecule has 0 radical (unpaired) electrons. The van der Waals surface area contributed by atoms with Gasteiger partial charge in [-0.3, -0.25) is 4.90 Å². The van der Waals surface area contributed by atoms with E-state index in [-0.39, 0.29) is 5.63 Å². The molecule has 1 aliphatic heterocycles. The van der Waals surface area contributed by atoms with Crippen LogP contribution in [0.4, 0.5) is 0 Å². The topological polar surface area (TPSA) is 60.5 Å². The third kappa shape index (κ3) is 3.99. The van der Waals surface area contributed by atoms with E-state index in [1.807, 2.05) is 61.9 Å². The van der Waals surface area contributed by atoms with Gasteiger partial charge in [-0.2, -0.15) is 0 Å². The molecule has 0 atom stereocenters. The minimum absolute atomic E-state index is 0.264. The Bertz CT molecular complexity index is 1250. The monoisotopic (exact) mass is 415 g/mol. The van der Waals surface area contributed by atoms with Crippen molar-refractivity contribution in [1.29, 1.82) is 0 Å². The van der Waals surface area contributed by atoms with E-state index in [2.05, 4.69) is 14.5 Å². The largest absolute Gasteiger partial charge is 0.478 e. The molecule has 0 amide bonds. The van der Waals surface area contributed by atoms with E-state index >= 15 is 0 Å². The smallest absolute Gasteiger partial charge is 0.340 e. The molecule has 3 heterocycles. The third-order valence-electron chi connectivity index (χ3n) is 5.97. The van der Waals surface area contributed by atoms with Crippen molar-refractivity contribution >= 4 is 11.0 Å². The first kappa shape index (κ1) is 19.6.